The van der Waals surface area contributed by atoms with Gasteiger partial charge < -0.3 is 10.2 Å². The van der Waals surface area contributed by atoms with Gasteiger partial charge in [-0.2, -0.15) is 11.3 Å². The van der Waals surface area contributed by atoms with Crippen molar-refractivity contribution in [2.24, 2.45) is 0 Å². The Labute approximate surface area is 119 Å². The summed E-state index contributed by atoms with van der Waals surface area (Å²) in [6.45, 7) is 1.86. The van der Waals surface area contributed by atoms with Gasteiger partial charge in [0.1, 0.15) is 0 Å². The summed E-state index contributed by atoms with van der Waals surface area (Å²) in [5.74, 6) is 0.314. The van der Waals surface area contributed by atoms with Gasteiger partial charge in [-0.25, -0.2) is 0 Å². The van der Waals surface area contributed by atoms with Gasteiger partial charge in [0.25, 0.3) is 0 Å². The minimum Gasteiger partial charge on any atom is -0.338 e. The number of halogens is 1. The third kappa shape index (κ3) is 3.97. The van der Waals surface area contributed by atoms with Crippen molar-refractivity contribution in [2.75, 3.05) is 20.1 Å². The molecule has 1 unspecified atom stereocenters. The van der Waals surface area contributed by atoms with Gasteiger partial charge in [0.05, 0.1) is 0 Å². The number of amides is 1. The van der Waals surface area contributed by atoms with Gasteiger partial charge in [0.2, 0.25) is 5.91 Å². The monoisotopic (exact) mass is 288 g/mol. The van der Waals surface area contributed by atoms with E-state index in [1.807, 2.05) is 7.05 Å². The molecule has 0 aliphatic carbocycles. The Hall–Kier alpha value is -0.580. The van der Waals surface area contributed by atoms with Crippen molar-refractivity contribution in [1.29, 1.82) is 0 Å². The quantitative estimate of drug-likeness (QED) is 0.902. The molecule has 1 aliphatic rings. The molecule has 0 radical (unpaired) electrons. The van der Waals surface area contributed by atoms with Crippen LogP contribution in [0.15, 0.2) is 16.8 Å². The van der Waals surface area contributed by atoms with Crippen LogP contribution >= 0.6 is 23.7 Å². The topological polar surface area (TPSA) is 32.3 Å². The van der Waals surface area contributed by atoms with Gasteiger partial charge >= 0.3 is 0 Å². The maximum absolute atomic E-state index is 12.1. The summed E-state index contributed by atoms with van der Waals surface area (Å²) in [5.41, 5.74) is 1.28. The van der Waals surface area contributed by atoms with E-state index in [1.165, 1.54) is 5.56 Å². The molecule has 1 fully saturated rings. The Balaban J connectivity index is 0.00000162. The maximum atomic E-state index is 12.1. The lowest BCUT2D eigenvalue weighted by molar-refractivity contribution is -0.131. The number of likely N-dealkylation sites (N-methyl/N-ethyl adjacent to an activating group) is 1. The molecule has 1 atom stereocenters. The second kappa shape index (κ2) is 7.77. The smallest absolute Gasteiger partial charge is 0.223 e. The fraction of sp³-hybridized carbons (Fsp3) is 0.615. The van der Waals surface area contributed by atoms with Crippen molar-refractivity contribution in [1.82, 2.24) is 10.2 Å². The largest absolute Gasteiger partial charge is 0.338 e. The highest BCUT2D eigenvalue weighted by Crippen LogP contribution is 2.18. The number of likely N-dealkylation sites (tertiary alicyclic amines) is 1. The summed E-state index contributed by atoms with van der Waals surface area (Å²) in [6.07, 6.45) is 3.82. The van der Waals surface area contributed by atoms with E-state index in [1.54, 1.807) is 11.3 Å². The van der Waals surface area contributed by atoms with Gasteiger partial charge in [-0.05, 0) is 48.7 Å². The van der Waals surface area contributed by atoms with Crippen molar-refractivity contribution in [3.05, 3.63) is 22.4 Å². The van der Waals surface area contributed by atoms with E-state index in [9.17, 15) is 4.79 Å². The molecular formula is C13H21ClN2OS. The van der Waals surface area contributed by atoms with Gasteiger partial charge in [-0.1, -0.05) is 0 Å². The van der Waals surface area contributed by atoms with E-state index in [2.05, 4.69) is 27.0 Å². The highest BCUT2D eigenvalue weighted by atomic mass is 35.5. The zero-order chi connectivity index (χ0) is 12.1. The Morgan fingerprint density at radius 2 is 2.44 bits per heavy atom. The van der Waals surface area contributed by atoms with E-state index in [0.717, 1.165) is 32.4 Å². The predicted octanol–water partition coefficient (Wildman–Crippen LogP) is 2.31. The molecule has 3 nitrogen and oxygen atoms in total. The summed E-state index contributed by atoms with van der Waals surface area (Å²) < 4.78 is 0. The molecule has 1 saturated heterocycles. The number of carbonyl (C=O) groups excluding carboxylic acids is 1. The van der Waals surface area contributed by atoms with Crippen LogP contribution in [0.5, 0.6) is 0 Å². The summed E-state index contributed by atoms with van der Waals surface area (Å²) in [7, 11) is 1.95. The van der Waals surface area contributed by atoms with E-state index >= 15 is 0 Å². The van der Waals surface area contributed by atoms with E-state index in [4.69, 9.17) is 0 Å². The molecule has 1 N–H and O–H groups in total. The van der Waals surface area contributed by atoms with Crippen LogP contribution in [0.3, 0.4) is 0 Å². The standard InChI is InChI=1S/C13H20N2OS.ClH/c1-14-9-12-3-2-7-15(12)13(16)5-4-11-6-8-17-10-11;/h6,8,10,12,14H,2-5,7,9H2,1H3;1H. The van der Waals surface area contributed by atoms with Crippen LogP contribution in [-0.2, 0) is 11.2 Å². The molecule has 1 aliphatic heterocycles. The fourth-order valence-electron chi connectivity index (χ4n) is 2.44. The lowest BCUT2D eigenvalue weighted by Gasteiger charge is -2.24. The van der Waals surface area contributed by atoms with Gasteiger partial charge in [-0.15, -0.1) is 12.4 Å². The highest BCUT2D eigenvalue weighted by Gasteiger charge is 2.27. The molecule has 0 spiro atoms. The van der Waals surface area contributed by atoms with Gasteiger partial charge in [0, 0.05) is 25.6 Å². The summed E-state index contributed by atoms with van der Waals surface area (Å²) in [6, 6.07) is 2.52. The van der Waals surface area contributed by atoms with Gasteiger partial charge in [-0.3, -0.25) is 4.79 Å². The van der Waals surface area contributed by atoms with E-state index < -0.39 is 0 Å². The molecule has 2 rings (SSSR count). The van der Waals surface area contributed by atoms with Crippen LogP contribution in [-0.4, -0.2) is 37.0 Å². The molecule has 0 aromatic carbocycles. The average Bonchev–Trinajstić information content (AvgIpc) is 2.97. The third-order valence-corrected chi connectivity index (χ3v) is 4.08. The number of rotatable bonds is 5. The third-order valence-electron chi connectivity index (χ3n) is 3.34. The molecular weight excluding hydrogens is 268 g/mol. The number of nitrogens with one attached hydrogen (secondary N) is 1. The first-order valence-electron chi connectivity index (χ1n) is 6.26. The molecule has 0 bridgehead atoms. The maximum Gasteiger partial charge on any atom is 0.223 e. The van der Waals surface area contributed by atoms with Crippen molar-refractivity contribution in [2.45, 2.75) is 31.7 Å². The number of nitrogens with zero attached hydrogens (tertiary/aromatic N) is 1. The van der Waals surface area contributed by atoms with E-state index in [0.29, 0.717) is 18.4 Å². The fourth-order valence-corrected chi connectivity index (χ4v) is 3.14. The number of hydrogen-bond donors (Lipinski definition) is 1. The summed E-state index contributed by atoms with van der Waals surface area (Å²) in [4.78, 5) is 14.2. The van der Waals surface area contributed by atoms with Crippen LogP contribution < -0.4 is 5.32 Å². The predicted molar refractivity (Wildman–Crippen MR) is 78.5 cm³/mol. The van der Waals surface area contributed by atoms with Crippen LogP contribution in [0.1, 0.15) is 24.8 Å². The first-order chi connectivity index (χ1) is 8.31. The second-order valence-corrected chi connectivity index (χ2v) is 5.35. The number of aryl methyl sites for hydroxylation is 1. The first-order valence-corrected chi connectivity index (χ1v) is 7.20. The lowest BCUT2D eigenvalue weighted by atomic mass is 10.1. The molecule has 18 heavy (non-hydrogen) atoms. The zero-order valence-electron chi connectivity index (χ0n) is 10.7. The Morgan fingerprint density at radius 3 is 3.11 bits per heavy atom. The number of hydrogen-bond acceptors (Lipinski definition) is 3. The Bertz CT molecular complexity index is 356. The second-order valence-electron chi connectivity index (χ2n) is 4.57. The molecule has 0 saturated carbocycles. The molecule has 2 heterocycles. The summed E-state index contributed by atoms with van der Waals surface area (Å²) >= 11 is 1.70. The molecule has 5 heteroatoms. The minimum atomic E-state index is 0. The normalized spacial score (nSPS) is 18.7. The van der Waals surface area contributed by atoms with Crippen LogP contribution in [0.4, 0.5) is 0 Å². The average molecular weight is 289 g/mol. The molecule has 102 valence electrons. The minimum absolute atomic E-state index is 0. The van der Waals surface area contributed by atoms with Crippen molar-refractivity contribution in [3.63, 3.8) is 0 Å². The Morgan fingerprint density at radius 1 is 1.61 bits per heavy atom. The summed E-state index contributed by atoms with van der Waals surface area (Å²) in [5, 5.41) is 7.37. The van der Waals surface area contributed by atoms with Crippen LogP contribution in [0, 0.1) is 0 Å². The van der Waals surface area contributed by atoms with Crippen LogP contribution in [0.2, 0.25) is 0 Å². The zero-order valence-corrected chi connectivity index (χ0v) is 12.4. The van der Waals surface area contributed by atoms with E-state index in [-0.39, 0.29) is 12.4 Å². The van der Waals surface area contributed by atoms with Crippen molar-refractivity contribution in [3.8, 4) is 0 Å². The lowest BCUT2D eigenvalue weighted by Crippen LogP contribution is -2.40. The van der Waals surface area contributed by atoms with Crippen molar-refractivity contribution >= 4 is 29.7 Å². The highest BCUT2D eigenvalue weighted by molar-refractivity contribution is 7.07. The number of thiophene rings is 1. The molecule has 1 aromatic rings. The van der Waals surface area contributed by atoms with Crippen LogP contribution in [0.25, 0.3) is 0 Å². The Kier molecular flexibility index (Phi) is 6.68. The van der Waals surface area contributed by atoms with Crippen molar-refractivity contribution < 1.29 is 4.79 Å². The first kappa shape index (κ1) is 15.5. The molecule has 1 aromatic heterocycles. The number of carbonyl (C=O) groups is 1. The molecule has 1 amide bonds. The van der Waals surface area contributed by atoms with Gasteiger partial charge in [0.15, 0.2) is 0 Å². The SMILES string of the molecule is CNCC1CCCN1C(=O)CCc1ccsc1.Cl.